The average Bonchev–Trinajstić information content (AvgIpc) is 2.41. The van der Waals surface area contributed by atoms with Gasteiger partial charge < -0.3 is 19.7 Å². The Labute approximate surface area is 116 Å². The van der Waals surface area contributed by atoms with E-state index in [1.807, 2.05) is 6.92 Å². The maximum Gasteiger partial charge on any atom is 0.376 e. The van der Waals surface area contributed by atoms with E-state index in [1.54, 1.807) is 13.0 Å². The number of carboxylic acids is 1. The van der Waals surface area contributed by atoms with Crippen LogP contribution in [-0.2, 0) is 9.59 Å². The number of ketones is 1. The van der Waals surface area contributed by atoms with Gasteiger partial charge in [0.25, 0.3) is 5.78 Å². The zero-order valence-electron chi connectivity index (χ0n) is 11.3. The number of aliphatic hydroxyl groups excluding tert-OH is 1. The molecule has 0 bridgehead atoms. The van der Waals surface area contributed by atoms with E-state index in [0.717, 1.165) is 0 Å². The lowest BCUT2D eigenvalue weighted by Gasteiger charge is -2.12. The zero-order valence-corrected chi connectivity index (χ0v) is 11.3. The van der Waals surface area contributed by atoms with Crippen LogP contribution in [0.15, 0.2) is 24.3 Å². The third-order valence-electron chi connectivity index (χ3n) is 2.32. The van der Waals surface area contributed by atoms with E-state index < -0.39 is 17.5 Å². The number of hydrogen-bond acceptors (Lipinski definition) is 5. The van der Waals surface area contributed by atoms with E-state index in [9.17, 15) is 14.7 Å². The molecule has 6 nitrogen and oxygen atoms in total. The van der Waals surface area contributed by atoms with Gasteiger partial charge >= 0.3 is 5.97 Å². The van der Waals surface area contributed by atoms with E-state index >= 15 is 0 Å². The van der Waals surface area contributed by atoms with Gasteiger partial charge in [0.1, 0.15) is 5.76 Å². The maximum atomic E-state index is 11.0. The minimum absolute atomic E-state index is 0.270. The first-order valence-corrected chi connectivity index (χ1v) is 6.07. The number of carbonyl (C=O) groups is 2. The Balaban J connectivity index is 3.10. The van der Waals surface area contributed by atoms with Gasteiger partial charge in [0.15, 0.2) is 11.5 Å². The van der Waals surface area contributed by atoms with E-state index in [2.05, 4.69) is 0 Å². The van der Waals surface area contributed by atoms with E-state index in [0.29, 0.717) is 30.8 Å². The summed E-state index contributed by atoms with van der Waals surface area (Å²) in [6.07, 6.45) is 0.647. The van der Waals surface area contributed by atoms with Crippen LogP contribution in [0.2, 0.25) is 0 Å². The van der Waals surface area contributed by atoms with Gasteiger partial charge in [-0.1, -0.05) is 0 Å². The molecular formula is C14H16O6. The number of hydrogen-bond donors (Lipinski definition) is 2. The summed E-state index contributed by atoms with van der Waals surface area (Å²) in [4.78, 5) is 21.4. The highest BCUT2D eigenvalue weighted by molar-refractivity contribution is 6.38. The van der Waals surface area contributed by atoms with Crippen molar-refractivity contribution in [1.29, 1.82) is 0 Å². The second-order valence-corrected chi connectivity index (χ2v) is 3.73. The van der Waals surface area contributed by atoms with Crippen molar-refractivity contribution in [2.24, 2.45) is 0 Å². The van der Waals surface area contributed by atoms with Gasteiger partial charge in [-0.05, 0) is 32.0 Å². The number of carbonyl (C=O) groups excluding carboxylic acids is 1. The van der Waals surface area contributed by atoms with Crippen molar-refractivity contribution < 1.29 is 29.3 Å². The SMILES string of the molecule is CCOc1ccc(C(O)=CC(=O)C(=O)O)cc1OCC. The lowest BCUT2D eigenvalue weighted by molar-refractivity contribution is -0.146. The Kier molecular flexibility index (Phi) is 5.58. The Morgan fingerprint density at radius 3 is 2.25 bits per heavy atom. The number of rotatable bonds is 7. The molecule has 0 fully saturated rings. The first-order chi connectivity index (χ1) is 9.49. The number of ether oxygens (including phenoxy) is 2. The Morgan fingerprint density at radius 2 is 1.70 bits per heavy atom. The molecule has 1 aromatic rings. The second kappa shape index (κ2) is 7.18. The Morgan fingerprint density at radius 1 is 1.10 bits per heavy atom. The normalized spacial score (nSPS) is 11.0. The van der Waals surface area contributed by atoms with E-state index in [4.69, 9.17) is 14.6 Å². The van der Waals surface area contributed by atoms with Crippen LogP contribution in [0.1, 0.15) is 19.4 Å². The number of benzene rings is 1. The molecular weight excluding hydrogens is 264 g/mol. The molecule has 1 rings (SSSR count). The van der Waals surface area contributed by atoms with Crippen LogP contribution >= 0.6 is 0 Å². The fourth-order valence-electron chi connectivity index (χ4n) is 1.48. The lowest BCUT2D eigenvalue weighted by Crippen LogP contribution is -2.09. The maximum absolute atomic E-state index is 11.0. The molecule has 0 amide bonds. The lowest BCUT2D eigenvalue weighted by atomic mass is 10.1. The van der Waals surface area contributed by atoms with Gasteiger partial charge in [-0.3, -0.25) is 4.79 Å². The molecule has 0 atom stereocenters. The average molecular weight is 280 g/mol. The molecule has 6 heteroatoms. The molecule has 1 aromatic carbocycles. The standard InChI is InChI=1S/C14H16O6/c1-3-19-12-6-5-9(7-13(12)20-4-2)10(15)8-11(16)14(17)18/h5-8,15H,3-4H2,1-2H3,(H,17,18). The van der Waals surface area contributed by atoms with Crippen LogP contribution in [0.3, 0.4) is 0 Å². The van der Waals surface area contributed by atoms with Crippen LogP contribution in [-0.4, -0.2) is 35.2 Å². The van der Waals surface area contributed by atoms with E-state index in [1.165, 1.54) is 12.1 Å². The van der Waals surface area contributed by atoms with Crippen molar-refractivity contribution in [3.8, 4) is 11.5 Å². The summed E-state index contributed by atoms with van der Waals surface area (Å²) in [5.74, 6) is -2.35. The number of aliphatic hydroxyl groups is 1. The predicted molar refractivity (Wildman–Crippen MR) is 72.0 cm³/mol. The van der Waals surface area contributed by atoms with Crippen molar-refractivity contribution in [2.45, 2.75) is 13.8 Å². The van der Waals surface area contributed by atoms with Gasteiger partial charge in [0.05, 0.1) is 13.2 Å². The molecule has 20 heavy (non-hydrogen) atoms. The molecule has 2 N–H and O–H groups in total. The summed E-state index contributed by atoms with van der Waals surface area (Å²) in [6.45, 7) is 4.49. The first kappa shape index (κ1) is 15.6. The smallest absolute Gasteiger partial charge is 0.376 e. The summed E-state index contributed by atoms with van der Waals surface area (Å²) < 4.78 is 10.7. The van der Waals surface area contributed by atoms with Crippen molar-refractivity contribution in [2.75, 3.05) is 13.2 Å². The van der Waals surface area contributed by atoms with Crippen molar-refractivity contribution in [1.82, 2.24) is 0 Å². The summed E-state index contributed by atoms with van der Waals surface area (Å²) >= 11 is 0. The van der Waals surface area contributed by atoms with Crippen LogP contribution in [0, 0.1) is 0 Å². The number of carboxylic acid groups (broad SMARTS) is 1. The fraction of sp³-hybridized carbons (Fsp3) is 0.286. The molecule has 0 radical (unpaired) electrons. The molecule has 0 unspecified atom stereocenters. The third kappa shape index (κ3) is 4.01. The molecule has 0 spiro atoms. The van der Waals surface area contributed by atoms with Crippen LogP contribution < -0.4 is 9.47 Å². The minimum Gasteiger partial charge on any atom is -0.507 e. The van der Waals surface area contributed by atoms with E-state index in [-0.39, 0.29) is 5.56 Å². The second-order valence-electron chi connectivity index (χ2n) is 3.73. The van der Waals surface area contributed by atoms with Crippen molar-refractivity contribution >= 4 is 17.5 Å². The molecule has 0 aliphatic carbocycles. The molecule has 0 heterocycles. The molecule has 0 aromatic heterocycles. The summed E-state index contributed by atoms with van der Waals surface area (Å²) in [5, 5.41) is 18.2. The molecule has 0 saturated carbocycles. The van der Waals surface area contributed by atoms with Crippen LogP contribution in [0.4, 0.5) is 0 Å². The fourth-order valence-corrected chi connectivity index (χ4v) is 1.48. The predicted octanol–water partition coefficient (Wildman–Crippen LogP) is 2.04. The highest BCUT2D eigenvalue weighted by Gasteiger charge is 2.13. The minimum atomic E-state index is -1.63. The van der Waals surface area contributed by atoms with Gasteiger partial charge in [0.2, 0.25) is 0 Å². The third-order valence-corrected chi connectivity index (χ3v) is 2.32. The molecule has 0 saturated heterocycles. The summed E-state index contributed by atoms with van der Waals surface area (Å²) in [6, 6.07) is 4.57. The summed E-state index contributed by atoms with van der Waals surface area (Å²) in [7, 11) is 0. The molecule has 0 aliphatic rings. The quantitative estimate of drug-likeness (QED) is 0.451. The van der Waals surface area contributed by atoms with Crippen molar-refractivity contribution in [3.63, 3.8) is 0 Å². The monoisotopic (exact) mass is 280 g/mol. The van der Waals surface area contributed by atoms with Gasteiger partial charge in [-0.25, -0.2) is 4.79 Å². The zero-order chi connectivity index (χ0) is 15.1. The highest BCUT2D eigenvalue weighted by Crippen LogP contribution is 2.30. The van der Waals surface area contributed by atoms with Gasteiger partial charge in [0, 0.05) is 11.6 Å². The van der Waals surface area contributed by atoms with Gasteiger partial charge in [-0.15, -0.1) is 0 Å². The van der Waals surface area contributed by atoms with Crippen LogP contribution in [0.5, 0.6) is 11.5 Å². The Bertz CT molecular complexity index is 532. The molecule has 108 valence electrons. The molecule has 0 aliphatic heterocycles. The Hall–Kier alpha value is -2.50. The highest BCUT2D eigenvalue weighted by atomic mass is 16.5. The van der Waals surface area contributed by atoms with Crippen LogP contribution in [0.25, 0.3) is 5.76 Å². The van der Waals surface area contributed by atoms with Crippen molar-refractivity contribution in [3.05, 3.63) is 29.8 Å². The topological polar surface area (TPSA) is 93.1 Å². The number of aliphatic carboxylic acids is 1. The largest absolute Gasteiger partial charge is 0.507 e. The first-order valence-electron chi connectivity index (χ1n) is 6.07. The summed E-state index contributed by atoms with van der Waals surface area (Å²) in [5.41, 5.74) is 0.270. The van der Waals surface area contributed by atoms with Gasteiger partial charge in [-0.2, -0.15) is 0 Å².